The van der Waals surface area contributed by atoms with E-state index in [0.29, 0.717) is 43.4 Å². The molecule has 0 spiro atoms. The average molecular weight is 452 g/mol. The summed E-state index contributed by atoms with van der Waals surface area (Å²) in [5.74, 6) is -2.74. The molecule has 0 radical (unpaired) electrons. The lowest BCUT2D eigenvalue weighted by Crippen LogP contribution is -2.20. The van der Waals surface area contributed by atoms with Gasteiger partial charge in [0.2, 0.25) is 5.91 Å². The molecule has 30 heavy (non-hydrogen) atoms. The van der Waals surface area contributed by atoms with Crippen LogP contribution in [0.5, 0.6) is 5.75 Å². The van der Waals surface area contributed by atoms with Gasteiger partial charge in [0.15, 0.2) is 11.7 Å². The summed E-state index contributed by atoms with van der Waals surface area (Å²) in [6, 6.07) is 11.6. The van der Waals surface area contributed by atoms with E-state index in [-0.39, 0.29) is 18.4 Å². The molecule has 0 saturated heterocycles. The zero-order valence-corrected chi connectivity index (χ0v) is 17.8. The molecule has 2 amide bonds. The van der Waals surface area contributed by atoms with Gasteiger partial charge in [0.1, 0.15) is 5.75 Å². The second-order valence-electron chi connectivity index (χ2n) is 6.54. The van der Waals surface area contributed by atoms with E-state index >= 15 is 0 Å². The van der Waals surface area contributed by atoms with Crippen LogP contribution in [0.15, 0.2) is 47.4 Å². The summed E-state index contributed by atoms with van der Waals surface area (Å²) in [6.45, 7) is 3.34. The zero-order valence-electron chi connectivity index (χ0n) is 16.1. The molecule has 0 fully saturated rings. The minimum atomic E-state index is -2.50. The van der Waals surface area contributed by atoms with Crippen LogP contribution in [-0.2, 0) is 9.59 Å². The Kier molecular flexibility index (Phi) is 7.22. The Hall–Kier alpha value is -2.72. The number of carbonyl (C=O) groups excluding carboxylic acids is 2. The molecular formula is C20H19F2N3O3S2. The van der Waals surface area contributed by atoms with Gasteiger partial charge in [0, 0.05) is 22.6 Å². The first-order valence-electron chi connectivity index (χ1n) is 8.99. The number of ether oxygens (including phenoxy) is 1. The summed E-state index contributed by atoms with van der Waals surface area (Å²) in [4.78, 5) is 28.7. The highest BCUT2D eigenvalue weighted by atomic mass is 32.2. The largest absolute Gasteiger partial charge is 0.484 e. The summed E-state index contributed by atoms with van der Waals surface area (Å²) in [7, 11) is 0. The number of anilines is 2. The van der Waals surface area contributed by atoms with Crippen molar-refractivity contribution < 1.29 is 23.1 Å². The first-order valence-corrected chi connectivity index (χ1v) is 10.7. The first-order chi connectivity index (χ1) is 14.3. The van der Waals surface area contributed by atoms with Crippen LogP contribution in [0.2, 0.25) is 0 Å². The number of aromatic nitrogens is 1. The van der Waals surface area contributed by atoms with Gasteiger partial charge >= 0.3 is 0 Å². The monoisotopic (exact) mass is 451 g/mol. The number of fused-ring (bicyclic) bond motifs is 1. The Bertz CT molecular complexity index is 1060. The molecule has 2 N–H and O–H groups in total. The number of thioether (sulfide) groups is 1. The van der Waals surface area contributed by atoms with Crippen LogP contribution in [0.3, 0.4) is 0 Å². The number of hydrogen-bond acceptors (Lipinski definition) is 6. The van der Waals surface area contributed by atoms with Crippen molar-refractivity contribution in [1.29, 1.82) is 0 Å². The second-order valence-corrected chi connectivity index (χ2v) is 8.63. The van der Waals surface area contributed by atoms with Gasteiger partial charge in [-0.05, 0) is 30.3 Å². The molecule has 6 nitrogen and oxygen atoms in total. The number of nitrogens with zero attached hydrogens (tertiary/aromatic N) is 1. The highest BCUT2D eigenvalue weighted by Gasteiger charge is 2.12. The smallest absolute Gasteiger partial charge is 0.288 e. The number of halogens is 2. The molecule has 158 valence electrons. The summed E-state index contributed by atoms with van der Waals surface area (Å²) in [5, 5.41) is 5.76. The van der Waals surface area contributed by atoms with Gasteiger partial charge in [-0.1, -0.05) is 43.0 Å². The fourth-order valence-electron chi connectivity index (χ4n) is 2.39. The minimum absolute atomic E-state index is 0.115. The number of hydrogen-bond donors (Lipinski definition) is 2. The molecule has 0 aliphatic rings. The van der Waals surface area contributed by atoms with Crippen LogP contribution in [0.1, 0.15) is 13.8 Å². The lowest BCUT2D eigenvalue weighted by molar-refractivity contribution is -0.119. The van der Waals surface area contributed by atoms with Crippen molar-refractivity contribution in [2.45, 2.75) is 24.5 Å². The van der Waals surface area contributed by atoms with E-state index in [2.05, 4.69) is 15.6 Å². The normalized spacial score (nSPS) is 11.1. The molecule has 0 atom stereocenters. The summed E-state index contributed by atoms with van der Waals surface area (Å²) in [6.07, 6.45) is 0. The van der Waals surface area contributed by atoms with Gasteiger partial charge in [-0.15, -0.1) is 0 Å². The molecule has 3 aromatic rings. The Morgan fingerprint density at radius 1 is 1.17 bits per heavy atom. The third kappa shape index (κ3) is 6.14. The zero-order chi connectivity index (χ0) is 21.7. The van der Waals surface area contributed by atoms with Crippen molar-refractivity contribution in [2.75, 3.05) is 17.2 Å². The first kappa shape index (κ1) is 22.0. The molecule has 1 heterocycles. The molecule has 0 bridgehead atoms. The number of rotatable bonds is 8. The van der Waals surface area contributed by atoms with Gasteiger partial charge in [-0.25, -0.2) is 4.98 Å². The fraction of sp³-hybridized carbons (Fsp3) is 0.250. The molecule has 3 rings (SSSR count). The van der Waals surface area contributed by atoms with Crippen molar-refractivity contribution in [3.05, 3.63) is 42.5 Å². The van der Waals surface area contributed by atoms with E-state index in [1.807, 2.05) is 0 Å². The summed E-state index contributed by atoms with van der Waals surface area (Å²) >= 11 is 1.66. The van der Waals surface area contributed by atoms with Crippen LogP contribution < -0.4 is 15.4 Å². The average Bonchev–Trinajstić information content (AvgIpc) is 3.07. The van der Waals surface area contributed by atoms with E-state index < -0.39 is 11.7 Å². The lowest BCUT2D eigenvalue weighted by Gasteiger charge is -2.10. The maximum absolute atomic E-state index is 12.5. The van der Waals surface area contributed by atoms with Crippen molar-refractivity contribution in [3.8, 4) is 5.75 Å². The van der Waals surface area contributed by atoms with Gasteiger partial charge in [0.25, 0.3) is 11.7 Å². The third-order valence-corrected chi connectivity index (χ3v) is 5.47. The number of thiazole rings is 1. The van der Waals surface area contributed by atoms with E-state index in [1.54, 1.807) is 56.3 Å². The molecular weight excluding hydrogens is 432 g/mol. The Morgan fingerprint density at radius 3 is 2.70 bits per heavy atom. The second kappa shape index (κ2) is 9.86. The van der Waals surface area contributed by atoms with Gasteiger partial charge in [-0.3, -0.25) is 14.9 Å². The quantitative estimate of drug-likeness (QED) is 0.459. The summed E-state index contributed by atoms with van der Waals surface area (Å²) < 4.78 is 31.2. The van der Waals surface area contributed by atoms with Crippen molar-refractivity contribution in [2.24, 2.45) is 5.92 Å². The van der Waals surface area contributed by atoms with Crippen LogP contribution in [0.25, 0.3) is 10.2 Å². The molecule has 10 heteroatoms. The van der Waals surface area contributed by atoms with Crippen LogP contribution in [-0.4, -0.2) is 29.2 Å². The highest BCUT2D eigenvalue weighted by molar-refractivity contribution is 7.99. The summed E-state index contributed by atoms with van der Waals surface area (Å²) in [5.41, 5.74) is 1.19. The molecule has 0 saturated carbocycles. The predicted octanol–water partition coefficient (Wildman–Crippen LogP) is 5.22. The molecule has 0 aliphatic heterocycles. The van der Waals surface area contributed by atoms with E-state index in [9.17, 15) is 18.4 Å². The van der Waals surface area contributed by atoms with Crippen LogP contribution >= 0.6 is 23.1 Å². The molecule has 2 aromatic carbocycles. The number of carbonyl (C=O) groups is 2. The Balaban J connectivity index is 1.57. The van der Waals surface area contributed by atoms with Gasteiger partial charge in [0.05, 0.1) is 10.2 Å². The molecule has 0 unspecified atom stereocenters. The number of benzene rings is 2. The topological polar surface area (TPSA) is 80.3 Å². The Morgan fingerprint density at radius 2 is 1.97 bits per heavy atom. The minimum Gasteiger partial charge on any atom is -0.484 e. The van der Waals surface area contributed by atoms with E-state index in [0.717, 1.165) is 0 Å². The van der Waals surface area contributed by atoms with Crippen molar-refractivity contribution in [3.63, 3.8) is 0 Å². The molecule has 1 aromatic heterocycles. The number of amides is 2. The number of alkyl halides is 2. The highest BCUT2D eigenvalue weighted by Crippen LogP contribution is 2.32. The van der Waals surface area contributed by atoms with Gasteiger partial charge < -0.3 is 10.1 Å². The standard InChI is InChI=1S/C20H19F2N3O3S2/c1-11(2)18(27)23-12-4-3-5-13(8-12)28-10-17(26)25-20-24-15-7-6-14(29-19(21)22)9-16(15)30-20/h3-9,11,19H,10H2,1-2H3,(H,23,27)(H,24,25,26). The fourth-order valence-corrected chi connectivity index (χ4v) is 3.92. The van der Waals surface area contributed by atoms with E-state index in [1.165, 1.54) is 11.3 Å². The van der Waals surface area contributed by atoms with Gasteiger partial charge in [-0.2, -0.15) is 8.78 Å². The SMILES string of the molecule is CC(C)C(=O)Nc1cccc(OCC(=O)Nc2nc3ccc(SC(F)F)cc3s2)c1. The molecule has 0 aliphatic carbocycles. The third-order valence-electron chi connectivity index (χ3n) is 3.83. The lowest BCUT2D eigenvalue weighted by atomic mass is 10.2. The van der Waals surface area contributed by atoms with E-state index in [4.69, 9.17) is 4.74 Å². The van der Waals surface area contributed by atoms with Crippen molar-refractivity contribution >= 4 is 55.9 Å². The van der Waals surface area contributed by atoms with Crippen LogP contribution in [0.4, 0.5) is 19.6 Å². The Labute approximate surface area is 180 Å². The predicted molar refractivity (Wildman–Crippen MR) is 116 cm³/mol. The maximum Gasteiger partial charge on any atom is 0.288 e. The maximum atomic E-state index is 12.5. The van der Waals surface area contributed by atoms with Crippen LogP contribution in [0, 0.1) is 5.92 Å². The van der Waals surface area contributed by atoms with Crippen molar-refractivity contribution in [1.82, 2.24) is 4.98 Å². The number of nitrogens with one attached hydrogen (secondary N) is 2.